The van der Waals surface area contributed by atoms with Crippen molar-refractivity contribution in [2.24, 2.45) is 0 Å². The van der Waals surface area contributed by atoms with Crippen LogP contribution in [0, 0.1) is 0 Å². The number of thioether (sulfide) groups is 1. The number of carbonyl (C=O) groups excluding carboxylic acids is 2. The Morgan fingerprint density at radius 1 is 1.16 bits per heavy atom. The van der Waals surface area contributed by atoms with Crippen molar-refractivity contribution in [3.63, 3.8) is 0 Å². The molecule has 0 aromatic heterocycles. The maximum absolute atomic E-state index is 12.5. The molecule has 3 rings (SSSR count). The van der Waals surface area contributed by atoms with E-state index >= 15 is 0 Å². The summed E-state index contributed by atoms with van der Waals surface area (Å²) < 4.78 is 0. The molecular formula is C15H15NO2S. The molecule has 0 amide bonds. The lowest BCUT2D eigenvalue weighted by molar-refractivity contribution is 0.0975. The summed E-state index contributed by atoms with van der Waals surface area (Å²) >= 11 is 1.45. The van der Waals surface area contributed by atoms with Gasteiger partial charge in [-0.15, -0.1) is 11.8 Å². The van der Waals surface area contributed by atoms with E-state index < -0.39 is 0 Å². The van der Waals surface area contributed by atoms with Gasteiger partial charge in [-0.2, -0.15) is 0 Å². The zero-order valence-electron chi connectivity index (χ0n) is 10.7. The normalized spacial score (nSPS) is 18.6. The molecule has 0 aliphatic heterocycles. The molecule has 4 heteroatoms. The average Bonchev–Trinajstić information content (AvgIpc) is 3.24. The van der Waals surface area contributed by atoms with Crippen molar-refractivity contribution < 1.29 is 9.59 Å². The fourth-order valence-electron chi connectivity index (χ4n) is 2.20. The van der Waals surface area contributed by atoms with Crippen LogP contribution in [-0.2, 0) is 0 Å². The molecule has 0 spiro atoms. The molecule has 1 fully saturated rings. The summed E-state index contributed by atoms with van der Waals surface area (Å²) in [4.78, 5) is 25.6. The second-order valence-electron chi connectivity index (χ2n) is 4.76. The van der Waals surface area contributed by atoms with Crippen LogP contribution in [0.25, 0.3) is 0 Å². The number of allylic oxidation sites excluding steroid dienone is 2. The number of fused-ring (bicyclic) bond motifs is 1. The smallest absolute Gasteiger partial charge is 0.210 e. The minimum absolute atomic E-state index is 0.0230. The van der Waals surface area contributed by atoms with E-state index in [1.165, 1.54) is 11.8 Å². The highest BCUT2D eigenvalue weighted by atomic mass is 32.2. The van der Waals surface area contributed by atoms with Crippen LogP contribution in [0.15, 0.2) is 34.9 Å². The average molecular weight is 273 g/mol. The van der Waals surface area contributed by atoms with Crippen molar-refractivity contribution >= 4 is 23.3 Å². The molecule has 3 nitrogen and oxygen atoms in total. The molecule has 1 aromatic rings. The minimum atomic E-state index is -0.0435. The lowest BCUT2D eigenvalue weighted by Crippen LogP contribution is -2.30. The van der Waals surface area contributed by atoms with Crippen molar-refractivity contribution in [3.8, 4) is 0 Å². The standard InChI is InChI=1S/C15H15NO2S/c1-2-19-15-12(16-9-7-8-9)13(17)10-5-3-4-6-11(10)14(15)18/h3-6,9,16H,2,7-8H2,1H3. The molecule has 0 atom stereocenters. The molecule has 1 N–H and O–H groups in total. The summed E-state index contributed by atoms with van der Waals surface area (Å²) in [7, 11) is 0. The first-order chi connectivity index (χ1) is 9.22. The first-order valence-corrected chi connectivity index (χ1v) is 7.53. The molecule has 0 saturated heterocycles. The summed E-state index contributed by atoms with van der Waals surface area (Å²) in [5.41, 5.74) is 1.57. The number of rotatable bonds is 4. The summed E-state index contributed by atoms with van der Waals surface area (Å²) in [5, 5.41) is 3.24. The van der Waals surface area contributed by atoms with Gasteiger partial charge in [-0.3, -0.25) is 9.59 Å². The highest BCUT2D eigenvalue weighted by Gasteiger charge is 2.34. The van der Waals surface area contributed by atoms with Crippen LogP contribution in [0.2, 0.25) is 0 Å². The van der Waals surface area contributed by atoms with Crippen LogP contribution in [0.3, 0.4) is 0 Å². The number of benzene rings is 1. The second-order valence-corrected chi connectivity index (χ2v) is 6.03. The van der Waals surface area contributed by atoms with Crippen molar-refractivity contribution in [1.82, 2.24) is 5.32 Å². The molecule has 19 heavy (non-hydrogen) atoms. The fraction of sp³-hybridized carbons (Fsp3) is 0.333. The van der Waals surface area contributed by atoms with Gasteiger partial charge in [0, 0.05) is 17.2 Å². The highest BCUT2D eigenvalue weighted by Crippen LogP contribution is 2.33. The maximum atomic E-state index is 12.5. The molecule has 98 valence electrons. The van der Waals surface area contributed by atoms with E-state index in [9.17, 15) is 9.59 Å². The first-order valence-electron chi connectivity index (χ1n) is 6.54. The molecule has 0 bridgehead atoms. The predicted octanol–water partition coefficient (Wildman–Crippen LogP) is 2.78. The SMILES string of the molecule is CCSC1=C(NC2CC2)C(=O)c2ccccc2C1=O. The molecule has 0 unspecified atom stereocenters. The molecule has 2 aliphatic carbocycles. The van der Waals surface area contributed by atoms with E-state index in [1.807, 2.05) is 6.92 Å². The molecule has 0 heterocycles. The topological polar surface area (TPSA) is 46.2 Å². The van der Waals surface area contributed by atoms with E-state index in [1.54, 1.807) is 24.3 Å². The third kappa shape index (κ3) is 2.21. The predicted molar refractivity (Wildman–Crippen MR) is 76.4 cm³/mol. The number of Topliss-reactive ketones (excluding diaryl/α,β-unsaturated/α-hetero) is 2. The summed E-state index contributed by atoms with van der Waals surface area (Å²) in [5.74, 6) is 0.718. The van der Waals surface area contributed by atoms with Crippen molar-refractivity contribution in [3.05, 3.63) is 46.0 Å². The van der Waals surface area contributed by atoms with Gasteiger partial charge >= 0.3 is 0 Å². The molecular weight excluding hydrogens is 258 g/mol. The van der Waals surface area contributed by atoms with Gasteiger partial charge in [0.2, 0.25) is 11.6 Å². The monoisotopic (exact) mass is 273 g/mol. The molecule has 1 aromatic carbocycles. The van der Waals surface area contributed by atoms with E-state index in [0.717, 1.165) is 18.6 Å². The van der Waals surface area contributed by atoms with Crippen molar-refractivity contribution in [1.29, 1.82) is 0 Å². The van der Waals surface area contributed by atoms with Gasteiger partial charge in [-0.1, -0.05) is 31.2 Å². The first kappa shape index (κ1) is 12.5. The quantitative estimate of drug-likeness (QED) is 0.916. The fourth-order valence-corrected chi connectivity index (χ4v) is 3.02. The van der Waals surface area contributed by atoms with Crippen molar-refractivity contribution in [2.45, 2.75) is 25.8 Å². The third-order valence-electron chi connectivity index (χ3n) is 3.29. The summed E-state index contributed by atoms with van der Waals surface area (Å²) in [6, 6.07) is 7.44. The molecule has 0 radical (unpaired) electrons. The van der Waals surface area contributed by atoms with Crippen LogP contribution < -0.4 is 5.32 Å². The van der Waals surface area contributed by atoms with Gasteiger partial charge in [0.25, 0.3) is 0 Å². The van der Waals surface area contributed by atoms with E-state index in [2.05, 4.69) is 5.32 Å². The number of hydrogen-bond donors (Lipinski definition) is 1. The van der Waals surface area contributed by atoms with Gasteiger partial charge in [0.1, 0.15) is 5.70 Å². The summed E-state index contributed by atoms with van der Waals surface area (Å²) in [6.45, 7) is 1.99. The van der Waals surface area contributed by atoms with Crippen LogP contribution in [0.4, 0.5) is 0 Å². The van der Waals surface area contributed by atoms with E-state index in [4.69, 9.17) is 0 Å². The van der Waals surface area contributed by atoms with Crippen LogP contribution in [0.5, 0.6) is 0 Å². The zero-order chi connectivity index (χ0) is 13.4. The number of carbonyl (C=O) groups is 2. The Bertz CT molecular complexity index is 588. The summed E-state index contributed by atoms with van der Waals surface area (Å²) in [6.07, 6.45) is 2.16. The number of hydrogen-bond acceptors (Lipinski definition) is 4. The second kappa shape index (κ2) is 4.85. The number of nitrogens with one attached hydrogen (secondary N) is 1. The lowest BCUT2D eigenvalue weighted by Gasteiger charge is -2.21. The maximum Gasteiger partial charge on any atom is 0.210 e. The third-order valence-corrected chi connectivity index (χ3v) is 4.26. The molecule has 1 saturated carbocycles. The van der Waals surface area contributed by atoms with Crippen LogP contribution >= 0.6 is 11.8 Å². The Kier molecular flexibility index (Phi) is 3.19. The van der Waals surface area contributed by atoms with E-state index in [0.29, 0.717) is 27.8 Å². The Morgan fingerprint density at radius 2 is 1.79 bits per heavy atom. The minimum Gasteiger partial charge on any atom is -0.378 e. The van der Waals surface area contributed by atoms with Gasteiger partial charge in [0.15, 0.2) is 0 Å². The number of ketones is 2. The molecule has 2 aliphatic rings. The van der Waals surface area contributed by atoms with Gasteiger partial charge in [0.05, 0.1) is 4.91 Å². The largest absolute Gasteiger partial charge is 0.378 e. The van der Waals surface area contributed by atoms with Gasteiger partial charge < -0.3 is 5.32 Å². The van der Waals surface area contributed by atoms with Gasteiger partial charge in [-0.05, 0) is 18.6 Å². The Balaban J connectivity index is 2.07. The van der Waals surface area contributed by atoms with Gasteiger partial charge in [-0.25, -0.2) is 0 Å². The zero-order valence-corrected chi connectivity index (χ0v) is 11.5. The lowest BCUT2D eigenvalue weighted by atomic mass is 9.92. The highest BCUT2D eigenvalue weighted by molar-refractivity contribution is 8.04. The van der Waals surface area contributed by atoms with E-state index in [-0.39, 0.29) is 11.6 Å². The Morgan fingerprint density at radius 3 is 2.37 bits per heavy atom. The van der Waals surface area contributed by atoms with Crippen LogP contribution in [0.1, 0.15) is 40.5 Å². The van der Waals surface area contributed by atoms with Crippen LogP contribution in [-0.4, -0.2) is 23.4 Å². The Labute approximate surface area is 116 Å². The van der Waals surface area contributed by atoms with Crippen molar-refractivity contribution in [2.75, 3.05) is 5.75 Å². The Hall–Kier alpha value is -1.55.